The van der Waals surface area contributed by atoms with E-state index >= 15 is 0 Å². The number of fused-ring (bicyclic) bond motifs is 5. The lowest BCUT2D eigenvalue weighted by atomic mass is 9.45. The van der Waals surface area contributed by atoms with Gasteiger partial charge in [0.2, 0.25) is 0 Å². The number of aliphatic carboxylic acids is 1. The zero-order valence-corrected chi connectivity index (χ0v) is 19.7. The number of allylic oxidation sites excluding steroid dienone is 1. The highest BCUT2D eigenvalue weighted by Gasteiger charge is 2.59. The molecule has 0 saturated heterocycles. The summed E-state index contributed by atoms with van der Waals surface area (Å²) in [5.74, 6) is 2.15. The molecule has 3 saturated carbocycles. The molecule has 0 aromatic rings. The van der Waals surface area contributed by atoms with Crippen molar-refractivity contribution in [2.45, 2.75) is 104 Å². The van der Waals surface area contributed by atoms with Gasteiger partial charge in [0.25, 0.3) is 0 Å². The molecule has 4 aliphatic rings. The van der Waals surface area contributed by atoms with Crippen LogP contribution in [0, 0.1) is 46.3 Å². The van der Waals surface area contributed by atoms with Crippen molar-refractivity contribution in [2.75, 3.05) is 0 Å². The summed E-state index contributed by atoms with van der Waals surface area (Å²) in [6, 6.07) is 0. The van der Waals surface area contributed by atoms with Gasteiger partial charge in [-0.1, -0.05) is 52.2 Å². The van der Waals surface area contributed by atoms with E-state index in [0.29, 0.717) is 23.2 Å². The van der Waals surface area contributed by atoms with Crippen LogP contribution in [0.3, 0.4) is 0 Å². The van der Waals surface area contributed by atoms with Crippen LogP contribution in [0.2, 0.25) is 0 Å². The Hall–Kier alpha value is -0.830. The monoisotopic (exact) mass is 415 g/mol. The SMILES string of the molecule is CC(C)CCC[C@H](C(=O)[O-])C1=CC[C@]2(C)[C@H](CC[C@H]3[C@H]4CC[C@H](O)[C@]4(C)CC[C@@H]32)C1. The maximum absolute atomic E-state index is 12.0. The highest BCUT2D eigenvalue weighted by atomic mass is 16.4. The van der Waals surface area contributed by atoms with Gasteiger partial charge in [0.1, 0.15) is 0 Å². The lowest BCUT2D eigenvalue weighted by Crippen LogP contribution is -2.53. The lowest BCUT2D eigenvalue weighted by Gasteiger charge is -2.60. The summed E-state index contributed by atoms with van der Waals surface area (Å²) in [6.07, 6.45) is 14.1. The van der Waals surface area contributed by atoms with Crippen LogP contribution in [-0.4, -0.2) is 17.2 Å². The molecule has 0 aromatic heterocycles. The van der Waals surface area contributed by atoms with Gasteiger partial charge in [-0.25, -0.2) is 0 Å². The Balaban J connectivity index is 1.50. The number of aliphatic hydroxyl groups is 1. The topological polar surface area (TPSA) is 60.4 Å². The summed E-state index contributed by atoms with van der Waals surface area (Å²) in [5.41, 5.74) is 1.60. The van der Waals surface area contributed by atoms with Crippen molar-refractivity contribution in [3.63, 3.8) is 0 Å². The Kier molecular flexibility index (Phi) is 6.16. The highest BCUT2D eigenvalue weighted by Crippen LogP contribution is 2.66. The van der Waals surface area contributed by atoms with Gasteiger partial charge in [0.15, 0.2) is 0 Å². The first-order valence-electron chi connectivity index (χ1n) is 12.7. The molecule has 170 valence electrons. The summed E-state index contributed by atoms with van der Waals surface area (Å²) in [5, 5.41) is 22.6. The van der Waals surface area contributed by atoms with Crippen LogP contribution in [0.15, 0.2) is 11.6 Å². The minimum absolute atomic E-state index is 0.110. The minimum Gasteiger partial charge on any atom is -0.550 e. The largest absolute Gasteiger partial charge is 0.550 e. The molecule has 30 heavy (non-hydrogen) atoms. The second kappa shape index (κ2) is 8.26. The fraction of sp³-hybridized carbons (Fsp3) is 0.889. The molecule has 0 heterocycles. The summed E-state index contributed by atoms with van der Waals surface area (Å²) in [6.45, 7) is 9.26. The molecule has 0 spiro atoms. The molecule has 4 aliphatic carbocycles. The van der Waals surface area contributed by atoms with Crippen LogP contribution in [0.1, 0.15) is 98.3 Å². The summed E-state index contributed by atoms with van der Waals surface area (Å²) < 4.78 is 0. The number of carboxylic acid groups (broad SMARTS) is 1. The summed E-state index contributed by atoms with van der Waals surface area (Å²) in [4.78, 5) is 12.0. The lowest BCUT2D eigenvalue weighted by molar-refractivity contribution is -0.310. The maximum Gasteiger partial charge on any atom is 0.0596 e. The number of carbonyl (C=O) groups is 1. The second-order valence-corrected chi connectivity index (χ2v) is 12.2. The number of hydrogen-bond donors (Lipinski definition) is 1. The van der Waals surface area contributed by atoms with E-state index in [9.17, 15) is 15.0 Å². The molecule has 0 aromatic carbocycles. The van der Waals surface area contributed by atoms with Crippen molar-refractivity contribution < 1.29 is 15.0 Å². The molecule has 0 aliphatic heterocycles. The fourth-order valence-corrected chi connectivity index (χ4v) is 8.35. The minimum atomic E-state index is -0.865. The highest BCUT2D eigenvalue weighted by molar-refractivity contribution is 5.71. The van der Waals surface area contributed by atoms with Gasteiger partial charge in [-0.3, -0.25) is 0 Å². The average Bonchev–Trinajstić information content (AvgIpc) is 2.99. The molecule has 3 heteroatoms. The first kappa shape index (κ1) is 22.4. The normalized spacial score (nSPS) is 44.1. The molecule has 0 bridgehead atoms. The maximum atomic E-state index is 12.0. The third kappa shape index (κ3) is 3.67. The smallest absolute Gasteiger partial charge is 0.0596 e. The molecule has 3 nitrogen and oxygen atoms in total. The van der Waals surface area contributed by atoms with Gasteiger partial charge in [-0.15, -0.1) is 0 Å². The Bertz CT molecular complexity index is 682. The Morgan fingerprint density at radius 3 is 2.53 bits per heavy atom. The molecule has 8 atom stereocenters. The van der Waals surface area contributed by atoms with Crippen molar-refractivity contribution in [1.82, 2.24) is 0 Å². The number of carboxylic acids is 1. The summed E-state index contributed by atoms with van der Waals surface area (Å²) in [7, 11) is 0. The van der Waals surface area contributed by atoms with Crippen molar-refractivity contribution in [3.8, 4) is 0 Å². The van der Waals surface area contributed by atoms with Crippen molar-refractivity contribution >= 4 is 5.97 Å². The number of hydrogen-bond acceptors (Lipinski definition) is 3. The quantitative estimate of drug-likeness (QED) is 0.613. The molecule has 0 unspecified atom stereocenters. The summed E-state index contributed by atoms with van der Waals surface area (Å²) >= 11 is 0. The molecule has 0 amide bonds. The predicted molar refractivity (Wildman–Crippen MR) is 118 cm³/mol. The number of aliphatic hydroxyl groups excluding tert-OH is 1. The van der Waals surface area contributed by atoms with Crippen LogP contribution < -0.4 is 5.11 Å². The van der Waals surface area contributed by atoms with Crippen molar-refractivity contribution in [3.05, 3.63) is 11.6 Å². The second-order valence-electron chi connectivity index (χ2n) is 12.2. The third-order valence-corrected chi connectivity index (χ3v) is 10.3. The van der Waals surface area contributed by atoms with E-state index in [2.05, 4.69) is 33.8 Å². The van der Waals surface area contributed by atoms with Gasteiger partial charge in [-0.05, 0) is 98.2 Å². The molecule has 0 radical (unpaired) electrons. The Labute approximate surface area is 183 Å². The zero-order valence-electron chi connectivity index (χ0n) is 19.7. The molecular formula is C27H43O3-. The van der Waals surface area contributed by atoms with E-state index in [1.165, 1.54) is 25.7 Å². The zero-order chi connectivity index (χ0) is 21.7. The molecule has 3 fully saturated rings. The van der Waals surface area contributed by atoms with Gasteiger partial charge in [0, 0.05) is 11.9 Å². The van der Waals surface area contributed by atoms with Gasteiger partial charge in [-0.2, -0.15) is 0 Å². The first-order chi connectivity index (χ1) is 14.2. The van der Waals surface area contributed by atoms with Crippen LogP contribution in [0.4, 0.5) is 0 Å². The third-order valence-electron chi connectivity index (χ3n) is 10.3. The number of rotatable bonds is 6. The Morgan fingerprint density at radius 1 is 1.10 bits per heavy atom. The van der Waals surface area contributed by atoms with E-state index in [-0.39, 0.29) is 17.4 Å². The molecular weight excluding hydrogens is 372 g/mol. The van der Waals surface area contributed by atoms with E-state index in [4.69, 9.17) is 0 Å². The molecule has 4 rings (SSSR count). The first-order valence-corrected chi connectivity index (χ1v) is 12.7. The van der Waals surface area contributed by atoms with Crippen LogP contribution in [0.25, 0.3) is 0 Å². The van der Waals surface area contributed by atoms with Crippen molar-refractivity contribution in [1.29, 1.82) is 0 Å². The average molecular weight is 416 g/mol. The van der Waals surface area contributed by atoms with Gasteiger partial charge < -0.3 is 15.0 Å². The van der Waals surface area contributed by atoms with E-state index in [1.807, 2.05) is 0 Å². The van der Waals surface area contributed by atoms with Gasteiger partial charge >= 0.3 is 0 Å². The van der Waals surface area contributed by atoms with Crippen LogP contribution in [0.5, 0.6) is 0 Å². The van der Waals surface area contributed by atoms with E-state index in [1.54, 1.807) is 0 Å². The van der Waals surface area contributed by atoms with E-state index < -0.39 is 5.97 Å². The van der Waals surface area contributed by atoms with Crippen molar-refractivity contribution in [2.24, 2.45) is 46.3 Å². The van der Waals surface area contributed by atoms with Crippen LogP contribution in [-0.2, 0) is 4.79 Å². The molecule has 1 N–H and O–H groups in total. The Morgan fingerprint density at radius 2 is 1.83 bits per heavy atom. The standard InChI is InChI=1S/C27H44O3/c1-17(2)6-5-7-20(25(29)30)18-12-14-26(3)19(16-18)8-9-21-22-10-11-24(28)27(22,4)15-13-23(21)26/h12,17,19-24,28H,5-11,13-16H2,1-4H3,(H,29,30)/p-1/t19-,20+,21+,22-,23+,24+,26-,27-/m1/s1. The van der Waals surface area contributed by atoms with Gasteiger partial charge in [0.05, 0.1) is 6.10 Å². The fourth-order valence-electron chi connectivity index (χ4n) is 8.35. The number of carbonyl (C=O) groups excluding carboxylic acids is 1. The van der Waals surface area contributed by atoms with E-state index in [0.717, 1.165) is 62.4 Å². The predicted octanol–water partition coefficient (Wildman–Crippen LogP) is 5.12. The van der Waals surface area contributed by atoms with Crippen LogP contribution >= 0.6 is 0 Å².